The number of nitrogen functional groups attached to an aromatic ring is 1. The predicted molar refractivity (Wildman–Crippen MR) is 126 cm³/mol. The number of ether oxygens (including phenoxy) is 1. The molecule has 1 saturated carbocycles. The molecule has 1 aromatic carbocycles. The summed E-state index contributed by atoms with van der Waals surface area (Å²) in [5.41, 5.74) is 10.5. The SMILES string of the molecule is Cc1ncc(C[C@H]2CC[C@H](c3ccc(C4=Nc5c(N)ncnc5OC4(C)C)cc3)CC2)[nH]1. The zero-order valence-corrected chi connectivity index (χ0v) is 18.9. The first kappa shape index (κ1) is 20.7. The molecule has 2 aromatic heterocycles. The van der Waals surface area contributed by atoms with Gasteiger partial charge in [0, 0.05) is 17.5 Å². The first-order chi connectivity index (χ1) is 15.4. The van der Waals surface area contributed by atoms with Crippen LogP contribution in [-0.2, 0) is 6.42 Å². The number of benzene rings is 1. The van der Waals surface area contributed by atoms with Gasteiger partial charge in [-0.2, -0.15) is 4.98 Å². The summed E-state index contributed by atoms with van der Waals surface area (Å²) in [6, 6.07) is 8.81. The Morgan fingerprint density at radius 2 is 1.81 bits per heavy atom. The molecule has 1 aliphatic heterocycles. The second kappa shape index (κ2) is 8.04. The molecule has 0 unspecified atom stereocenters. The highest BCUT2D eigenvalue weighted by Gasteiger charge is 2.35. The maximum absolute atomic E-state index is 6.11. The monoisotopic (exact) mass is 430 g/mol. The first-order valence-corrected chi connectivity index (χ1v) is 11.4. The quantitative estimate of drug-likeness (QED) is 0.613. The molecule has 0 bridgehead atoms. The van der Waals surface area contributed by atoms with Gasteiger partial charge in [0.2, 0.25) is 5.88 Å². The Labute approximate surface area is 188 Å². The van der Waals surface area contributed by atoms with Gasteiger partial charge in [-0.15, -0.1) is 0 Å². The van der Waals surface area contributed by atoms with Crippen LogP contribution in [0.5, 0.6) is 5.88 Å². The highest BCUT2D eigenvalue weighted by Crippen LogP contribution is 2.40. The minimum Gasteiger partial charge on any atom is -0.463 e. The van der Waals surface area contributed by atoms with E-state index in [9.17, 15) is 0 Å². The van der Waals surface area contributed by atoms with E-state index in [-0.39, 0.29) is 0 Å². The molecule has 3 aromatic rings. The van der Waals surface area contributed by atoms with Crippen molar-refractivity contribution in [2.24, 2.45) is 10.9 Å². The summed E-state index contributed by atoms with van der Waals surface area (Å²) in [5, 5.41) is 0. The average molecular weight is 431 g/mol. The summed E-state index contributed by atoms with van der Waals surface area (Å²) in [6.45, 7) is 6.02. The van der Waals surface area contributed by atoms with E-state index < -0.39 is 5.60 Å². The molecule has 0 spiro atoms. The molecule has 7 heteroatoms. The van der Waals surface area contributed by atoms with E-state index in [1.807, 2.05) is 27.0 Å². The molecule has 0 saturated heterocycles. The van der Waals surface area contributed by atoms with Crippen LogP contribution in [0.4, 0.5) is 11.5 Å². The van der Waals surface area contributed by atoms with Crippen molar-refractivity contribution >= 4 is 17.2 Å². The van der Waals surface area contributed by atoms with E-state index in [1.54, 1.807) is 0 Å². The molecule has 5 rings (SSSR count). The molecule has 0 amide bonds. The lowest BCUT2D eigenvalue weighted by Gasteiger charge is -2.32. The number of rotatable bonds is 4. The number of fused-ring (bicyclic) bond motifs is 1. The van der Waals surface area contributed by atoms with E-state index in [2.05, 4.69) is 44.2 Å². The van der Waals surface area contributed by atoms with E-state index in [0.717, 1.165) is 29.4 Å². The minimum absolute atomic E-state index is 0.335. The van der Waals surface area contributed by atoms with Crippen LogP contribution in [0, 0.1) is 12.8 Å². The summed E-state index contributed by atoms with van der Waals surface area (Å²) in [6.07, 6.45) is 9.47. The molecule has 32 heavy (non-hydrogen) atoms. The van der Waals surface area contributed by atoms with E-state index in [0.29, 0.717) is 23.3 Å². The Morgan fingerprint density at radius 1 is 1.06 bits per heavy atom. The number of aryl methyl sites for hydroxylation is 1. The van der Waals surface area contributed by atoms with E-state index in [4.69, 9.17) is 15.5 Å². The number of nitrogens with zero attached hydrogens (tertiary/aromatic N) is 4. The van der Waals surface area contributed by atoms with Crippen LogP contribution in [-0.4, -0.2) is 31.2 Å². The fraction of sp³-hybridized carbons (Fsp3) is 0.440. The highest BCUT2D eigenvalue weighted by atomic mass is 16.5. The zero-order valence-electron chi connectivity index (χ0n) is 18.9. The summed E-state index contributed by atoms with van der Waals surface area (Å²) < 4.78 is 6.11. The summed E-state index contributed by atoms with van der Waals surface area (Å²) in [5.74, 6) is 3.13. The third kappa shape index (κ3) is 3.99. The summed E-state index contributed by atoms with van der Waals surface area (Å²) >= 11 is 0. The molecule has 7 nitrogen and oxygen atoms in total. The van der Waals surface area contributed by atoms with Crippen LogP contribution in [0.2, 0.25) is 0 Å². The second-order valence-corrected chi connectivity index (χ2v) is 9.52. The summed E-state index contributed by atoms with van der Waals surface area (Å²) in [4.78, 5) is 20.7. The van der Waals surface area contributed by atoms with Crippen LogP contribution in [0.25, 0.3) is 0 Å². The van der Waals surface area contributed by atoms with Gasteiger partial charge >= 0.3 is 0 Å². The third-order valence-electron chi connectivity index (χ3n) is 6.73. The normalized spacial score (nSPS) is 22.0. The van der Waals surface area contributed by atoms with Crippen molar-refractivity contribution in [3.8, 4) is 5.88 Å². The van der Waals surface area contributed by atoms with Gasteiger partial charge in [0.05, 0.1) is 5.71 Å². The zero-order chi connectivity index (χ0) is 22.3. The number of nitrogens with two attached hydrogens (primary N) is 1. The van der Waals surface area contributed by atoms with Gasteiger partial charge < -0.3 is 15.5 Å². The Bertz CT molecular complexity index is 1140. The predicted octanol–water partition coefficient (Wildman–Crippen LogP) is 4.90. The Morgan fingerprint density at radius 3 is 2.50 bits per heavy atom. The second-order valence-electron chi connectivity index (χ2n) is 9.52. The first-order valence-electron chi connectivity index (χ1n) is 11.4. The largest absolute Gasteiger partial charge is 0.463 e. The summed E-state index contributed by atoms with van der Waals surface area (Å²) in [7, 11) is 0. The van der Waals surface area contributed by atoms with Crippen molar-refractivity contribution in [3.05, 3.63) is 59.4 Å². The molecule has 0 atom stereocenters. The lowest BCUT2D eigenvalue weighted by atomic mass is 9.77. The van der Waals surface area contributed by atoms with Gasteiger partial charge in [0.1, 0.15) is 17.8 Å². The lowest BCUT2D eigenvalue weighted by molar-refractivity contribution is 0.171. The van der Waals surface area contributed by atoms with Gasteiger partial charge in [0.15, 0.2) is 11.5 Å². The molecular formula is C25H30N6O. The molecule has 2 aliphatic rings. The Hall–Kier alpha value is -3.22. The van der Waals surface area contributed by atoms with Crippen LogP contribution in [0.3, 0.4) is 0 Å². The number of imidazole rings is 1. The Balaban J connectivity index is 1.29. The molecule has 1 fully saturated rings. The maximum atomic E-state index is 6.11. The fourth-order valence-electron chi connectivity index (χ4n) is 5.00. The van der Waals surface area contributed by atoms with Crippen molar-refractivity contribution < 1.29 is 4.74 Å². The highest BCUT2D eigenvalue weighted by molar-refractivity contribution is 6.09. The maximum Gasteiger partial charge on any atom is 0.246 e. The van der Waals surface area contributed by atoms with Crippen LogP contribution in [0.15, 0.2) is 41.8 Å². The van der Waals surface area contributed by atoms with Crippen molar-refractivity contribution in [2.45, 2.75) is 64.4 Å². The van der Waals surface area contributed by atoms with Crippen molar-refractivity contribution in [1.82, 2.24) is 19.9 Å². The van der Waals surface area contributed by atoms with E-state index in [1.165, 1.54) is 43.3 Å². The number of anilines is 1. The number of aromatic amines is 1. The molecule has 3 heterocycles. The number of nitrogens with one attached hydrogen (secondary N) is 1. The number of aromatic nitrogens is 4. The third-order valence-corrected chi connectivity index (χ3v) is 6.73. The van der Waals surface area contributed by atoms with Gasteiger partial charge in [-0.1, -0.05) is 24.3 Å². The van der Waals surface area contributed by atoms with Crippen molar-refractivity contribution in [2.75, 3.05) is 5.73 Å². The van der Waals surface area contributed by atoms with Gasteiger partial charge in [-0.25, -0.2) is 15.0 Å². The standard InChI is InChI=1S/C25H30N6O/c1-15-27-13-20(30-15)12-16-4-6-17(7-5-16)18-8-10-19(11-9-18)22-25(2,3)32-24-21(31-22)23(26)28-14-29-24/h8-11,13-14,16-17H,4-7,12H2,1-3H3,(H,27,30)(H2,26,28,29)/t16-,17-. The minimum atomic E-state index is -0.599. The Kier molecular flexibility index (Phi) is 5.19. The van der Waals surface area contributed by atoms with E-state index >= 15 is 0 Å². The van der Waals surface area contributed by atoms with Crippen LogP contribution in [0.1, 0.15) is 68.1 Å². The average Bonchev–Trinajstić information content (AvgIpc) is 3.18. The smallest absolute Gasteiger partial charge is 0.246 e. The van der Waals surface area contributed by atoms with Gasteiger partial charge in [-0.05, 0) is 70.3 Å². The van der Waals surface area contributed by atoms with Gasteiger partial charge in [0.25, 0.3) is 0 Å². The van der Waals surface area contributed by atoms with Crippen molar-refractivity contribution in [3.63, 3.8) is 0 Å². The van der Waals surface area contributed by atoms with Crippen LogP contribution < -0.4 is 10.5 Å². The number of aliphatic imine (C=N–C) groups is 1. The lowest BCUT2D eigenvalue weighted by Crippen LogP contribution is -2.41. The fourth-order valence-corrected chi connectivity index (χ4v) is 5.00. The topological polar surface area (TPSA) is 102 Å². The molecular weight excluding hydrogens is 400 g/mol. The molecule has 0 radical (unpaired) electrons. The molecule has 3 N–H and O–H groups in total. The molecule has 166 valence electrons. The van der Waals surface area contributed by atoms with Crippen molar-refractivity contribution in [1.29, 1.82) is 0 Å². The number of hydrogen-bond acceptors (Lipinski definition) is 6. The van der Waals surface area contributed by atoms with Crippen LogP contribution >= 0.6 is 0 Å². The number of H-pyrrole nitrogens is 1. The molecule has 1 aliphatic carbocycles. The van der Waals surface area contributed by atoms with Gasteiger partial charge in [-0.3, -0.25) is 0 Å². The number of hydrogen-bond donors (Lipinski definition) is 2.